The van der Waals surface area contributed by atoms with Crippen LogP contribution in [0, 0.1) is 0 Å². The zero-order valence-electron chi connectivity index (χ0n) is 12.5. The van der Waals surface area contributed by atoms with E-state index in [4.69, 9.17) is 11.6 Å². The fourth-order valence-corrected chi connectivity index (χ4v) is 3.05. The molecule has 1 aromatic heterocycles. The summed E-state index contributed by atoms with van der Waals surface area (Å²) in [6.45, 7) is 1.81. The van der Waals surface area contributed by atoms with Gasteiger partial charge in [0.2, 0.25) is 5.91 Å². The lowest BCUT2D eigenvalue weighted by Crippen LogP contribution is -2.33. The number of hydrogen-bond acceptors (Lipinski definition) is 3. The number of carbonyl (C=O) groups is 1. The second-order valence-electron chi connectivity index (χ2n) is 5.59. The minimum Gasteiger partial charge on any atom is -0.376 e. The molecular formula is C16H19ClN4O. The van der Waals surface area contributed by atoms with Crippen LogP contribution in [-0.4, -0.2) is 40.0 Å². The summed E-state index contributed by atoms with van der Waals surface area (Å²) in [6, 6.07) is 7.39. The van der Waals surface area contributed by atoms with Crippen LogP contribution in [0.4, 0.5) is 5.69 Å². The fraction of sp³-hybridized carbons (Fsp3) is 0.375. The summed E-state index contributed by atoms with van der Waals surface area (Å²) in [5.74, 6) is 1.49. The van der Waals surface area contributed by atoms with Gasteiger partial charge >= 0.3 is 0 Å². The largest absolute Gasteiger partial charge is 0.376 e. The Hall–Kier alpha value is -2.01. The summed E-state index contributed by atoms with van der Waals surface area (Å²) in [6.07, 6.45) is 4.72. The van der Waals surface area contributed by atoms with E-state index in [0.29, 0.717) is 10.9 Å². The highest BCUT2D eigenvalue weighted by molar-refractivity contribution is 6.30. The molecular weight excluding hydrogens is 300 g/mol. The Morgan fingerprint density at radius 1 is 1.50 bits per heavy atom. The van der Waals surface area contributed by atoms with Crippen LogP contribution in [0.2, 0.25) is 5.02 Å². The van der Waals surface area contributed by atoms with Gasteiger partial charge in [0.05, 0.1) is 6.54 Å². The molecule has 2 aromatic rings. The maximum Gasteiger partial charge on any atom is 0.241 e. The van der Waals surface area contributed by atoms with Crippen molar-refractivity contribution >= 4 is 23.2 Å². The highest BCUT2D eigenvalue weighted by atomic mass is 35.5. The number of amides is 1. The van der Waals surface area contributed by atoms with Crippen LogP contribution < -0.4 is 5.32 Å². The molecule has 1 atom stereocenters. The van der Waals surface area contributed by atoms with Gasteiger partial charge in [-0.3, -0.25) is 4.79 Å². The zero-order chi connectivity index (χ0) is 15.5. The van der Waals surface area contributed by atoms with Crippen LogP contribution in [-0.2, 0) is 11.8 Å². The SMILES string of the molecule is Cn1ccnc1C1CCN(C(=O)CNc2cccc(Cl)c2)C1. The van der Waals surface area contributed by atoms with Gasteiger partial charge in [0, 0.05) is 49.2 Å². The zero-order valence-corrected chi connectivity index (χ0v) is 13.3. The van der Waals surface area contributed by atoms with Crippen LogP contribution in [0.5, 0.6) is 0 Å². The monoisotopic (exact) mass is 318 g/mol. The van der Waals surface area contributed by atoms with Gasteiger partial charge in [-0.25, -0.2) is 4.98 Å². The molecule has 0 radical (unpaired) electrons. The molecule has 1 amide bonds. The number of aryl methyl sites for hydroxylation is 1. The highest BCUT2D eigenvalue weighted by Gasteiger charge is 2.29. The number of anilines is 1. The summed E-state index contributed by atoms with van der Waals surface area (Å²) in [5.41, 5.74) is 0.862. The second kappa shape index (κ2) is 6.40. The molecule has 1 aliphatic rings. The molecule has 5 nitrogen and oxygen atoms in total. The van der Waals surface area contributed by atoms with Gasteiger partial charge in [-0.2, -0.15) is 0 Å². The summed E-state index contributed by atoms with van der Waals surface area (Å²) in [5, 5.41) is 3.79. The molecule has 1 saturated heterocycles. The fourth-order valence-electron chi connectivity index (χ4n) is 2.86. The maximum absolute atomic E-state index is 12.3. The molecule has 3 rings (SSSR count). The lowest BCUT2D eigenvalue weighted by atomic mass is 10.1. The van der Waals surface area contributed by atoms with E-state index in [-0.39, 0.29) is 12.5 Å². The summed E-state index contributed by atoms with van der Waals surface area (Å²) in [4.78, 5) is 18.6. The van der Waals surface area contributed by atoms with E-state index in [0.717, 1.165) is 31.0 Å². The molecule has 116 valence electrons. The summed E-state index contributed by atoms with van der Waals surface area (Å²) in [7, 11) is 1.99. The molecule has 1 fully saturated rings. The molecule has 0 bridgehead atoms. The quantitative estimate of drug-likeness (QED) is 0.942. The summed E-state index contributed by atoms with van der Waals surface area (Å²) >= 11 is 5.93. The van der Waals surface area contributed by atoms with Crippen molar-refractivity contribution < 1.29 is 4.79 Å². The number of nitrogens with zero attached hydrogens (tertiary/aromatic N) is 3. The Kier molecular flexibility index (Phi) is 4.34. The second-order valence-corrected chi connectivity index (χ2v) is 6.02. The van der Waals surface area contributed by atoms with E-state index in [1.807, 2.05) is 47.0 Å². The van der Waals surface area contributed by atoms with Crippen molar-refractivity contribution in [2.24, 2.45) is 7.05 Å². The first-order valence-corrected chi connectivity index (χ1v) is 7.75. The van der Waals surface area contributed by atoms with Gasteiger partial charge in [0.1, 0.15) is 5.82 Å². The van der Waals surface area contributed by atoms with Gasteiger partial charge in [-0.15, -0.1) is 0 Å². The molecule has 1 unspecified atom stereocenters. The number of rotatable bonds is 4. The standard InChI is InChI=1S/C16H19ClN4O/c1-20-8-6-18-16(20)12-5-7-21(11-12)15(22)10-19-14-4-2-3-13(17)9-14/h2-4,6,8-9,12,19H,5,7,10-11H2,1H3. The number of benzene rings is 1. The predicted octanol–water partition coefficient (Wildman–Crippen LogP) is 2.50. The van der Waals surface area contributed by atoms with Crippen molar-refractivity contribution in [1.82, 2.24) is 14.5 Å². The van der Waals surface area contributed by atoms with Crippen LogP contribution >= 0.6 is 11.6 Å². The number of nitrogens with one attached hydrogen (secondary N) is 1. The Morgan fingerprint density at radius 2 is 2.36 bits per heavy atom. The molecule has 0 aliphatic carbocycles. The van der Waals surface area contributed by atoms with E-state index in [2.05, 4.69) is 10.3 Å². The van der Waals surface area contributed by atoms with E-state index in [1.54, 1.807) is 6.20 Å². The van der Waals surface area contributed by atoms with E-state index < -0.39 is 0 Å². The molecule has 1 aromatic carbocycles. The maximum atomic E-state index is 12.3. The number of aromatic nitrogens is 2. The third-order valence-corrected chi connectivity index (χ3v) is 4.27. The van der Waals surface area contributed by atoms with Crippen molar-refractivity contribution in [1.29, 1.82) is 0 Å². The average molecular weight is 319 g/mol. The minimum absolute atomic E-state index is 0.108. The van der Waals surface area contributed by atoms with E-state index >= 15 is 0 Å². The van der Waals surface area contributed by atoms with Crippen molar-refractivity contribution in [3.05, 3.63) is 47.5 Å². The van der Waals surface area contributed by atoms with E-state index in [1.165, 1.54) is 0 Å². The van der Waals surface area contributed by atoms with Crippen LogP contribution in [0.15, 0.2) is 36.7 Å². The van der Waals surface area contributed by atoms with Gasteiger partial charge in [-0.05, 0) is 24.6 Å². The number of carbonyl (C=O) groups excluding carboxylic acids is 1. The van der Waals surface area contributed by atoms with Gasteiger partial charge < -0.3 is 14.8 Å². The normalized spacial score (nSPS) is 17.7. The van der Waals surface area contributed by atoms with Crippen molar-refractivity contribution in [3.8, 4) is 0 Å². The van der Waals surface area contributed by atoms with Gasteiger partial charge in [-0.1, -0.05) is 17.7 Å². The lowest BCUT2D eigenvalue weighted by molar-refractivity contribution is -0.128. The lowest BCUT2D eigenvalue weighted by Gasteiger charge is -2.17. The number of imidazole rings is 1. The van der Waals surface area contributed by atoms with Gasteiger partial charge in [0.25, 0.3) is 0 Å². The molecule has 22 heavy (non-hydrogen) atoms. The summed E-state index contributed by atoms with van der Waals surface area (Å²) < 4.78 is 2.03. The number of likely N-dealkylation sites (tertiary alicyclic amines) is 1. The molecule has 0 saturated carbocycles. The third kappa shape index (κ3) is 3.25. The van der Waals surface area contributed by atoms with Crippen molar-refractivity contribution in [2.45, 2.75) is 12.3 Å². The Bertz CT molecular complexity index is 670. The molecule has 1 N–H and O–H groups in total. The predicted molar refractivity (Wildman–Crippen MR) is 87.1 cm³/mol. The Labute approximate surface area is 134 Å². The first-order chi connectivity index (χ1) is 10.6. The van der Waals surface area contributed by atoms with Gasteiger partial charge in [0.15, 0.2) is 0 Å². The average Bonchev–Trinajstić information content (AvgIpc) is 3.13. The molecule has 0 spiro atoms. The minimum atomic E-state index is 0.108. The van der Waals surface area contributed by atoms with Crippen LogP contribution in [0.25, 0.3) is 0 Å². The highest BCUT2D eigenvalue weighted by Crippen LogP contribution is 2.25. The molecule has 6 heteroatoms. The molecule has 1 aliphatic heterocycles. The smallest absolute Gasteiger partial charge is 0.241 e. The Balaban J connectivity index is 1.54. The molecule has 2 heterocycles. The Morgan fingerprint density at radius 3 is 3.09 bits per heavy atom. The third-order valence-electron chi connectivity index (χ3n) is 4.03. The topological polar surface area (TPSA) is 50.2 Å². The number of hydrogen-bond donors (Lipinski definition) is 1. The van der Waals surface area contributed by atoms with Crippen LogP contribution in [0.1, 0.15) is 18.2 Å². The first kappa shape index (κ1) is 14.9. The van der Waals surface area contributed by atoms with E-state index in [9.17, 15) is 4.79 Å². The first-order valence-electron chi connectivity index (χ1n) is 7.38. The van der Waals surface area contributed by atoms with Crippen LogP contribution in [0.3, 0.4) is 0 Å². The van der Waals surface area contributed by atoms with Crippen molar-refractivity contribution in [3.63, 3.8) is 0 Å². The number of halogens is 1. The van der Waals surface area contributed by atoms with Crippen molar-refractivity contribution in [2.75, 3.05) is 25.0 Å².